The normalized spacial score (nSPS) is 9.60. The lowest BCUT2D eigenvalue weighted by atomic mass is 10.3. The molecule has 0 spiro atoms. The minimum Gasteiger partial charge on any atom is -0.374 e. The molecule has 15 heavy (non-hydrogen) atoms. The smallest absolute Gasteiger partial charge is 0.374 e. The first-order valence-electron chi connectivity index (χ1n) is 4.29. The molecule has 0 aliphatic carbocycles. The fourth-order valence-corrected chi connectivity index (χ4v) is 1.01. The minimum absolute atomic E-state index is 0.0587. The maximum atomic E-state index is 11.3. The summed E-state index contributed by atoms with van der Waals surface area (Å²) in [5.74, 6) is 0.0587. The van der Waals surface area contributed by atoms with Gasteiger partial charge in [0.15, 0.2) is 0 Å². The summed E-state index contributed by atoms with van der Waals surface area (Å²) in [6.07, 6.45) is 0.781. The highest BCUT2D eigenvalue weighted by Gasteiger charge is 2.06. The Hall–Kier alpha value is -2.30. The Balaban J connectivity index is 1.94. The number of carbonyl (C=O) groups excluding carboxylic acids is 1. The van der Waals surface area contributed by atoms with E-state index in [4.69, 9.17) is 4.74 Å². The molecule has 0 unspecified atom stereocenters. The zero-order valence-corrected chi connectivity index (χ0v) is 7.71. The van der Waals surface area contributed by atoms with Crippen LogP contribution >= 0.6 is 0 Å². The van der Waals surface area contributed by atoms with E-state index < -0.39 is 6.09 Å². The number of amides is 1. The zero-order valence-electron chi connectivity index (χ0n) is 7.71. The van der Waals surface area contributed by atoms with Gasteiger partial charge in [0, 0.05) is 11.8 Å². The van der Waals surface area contributed by atoms with Crippen molar-refractivity contribution in [3.63, 3.8) is 0 Å². The van der Waals surface area contributed by atoms with Crippen LogP contribution in [0.3, 0.4) is 0 Å². The molecule has 0 bridgehead atoms. The molecule has 0 aliphatic heterocycles. The number of hydrogen-bond donors (Lipinski definition) is 1. The fourth-order valence-electron chi connectivity index (χ4n) is 1.01. The van der Waals surface area contributed by atoms with Crippen molar-refractivity contribution in [3.8, 4) is 5.95 Å². The van der Waals surface area contributed by atoms with E-state index in [0.29, 0.717) is 5.69 Å². The standard InChI is InChI=1S/C10H8N2O3/c13-10(14-9-6-7-11-15-9)12-8-4-2-1-3-5-8/h1-7H,(H,12,13). The predicted molar refractivity (Wildman–Crippen MR) is 52.6 cm³/mol. The van der Waals surface area contributed by atoms with Gasteiger partial charge in [-0.1, -0.05) is 23.4 Å². The summed E-state index contributed by atoms with van der Waals surface area (Å²) in [7, 11) is 0. The third kappa shape index (κ3) is 2.57. The molecule has 76 valence electrons. The predicted octanol–water partition coefficient (Wildman–Crippen LogP) is 2.29. The van der Waals surface area contributed by atoms with E-state index in [1.54, 1.807) is 12.1 Å². The van der Waals surface area contributed by atoms with Crippen molar-refractivity contribution in [2.75, 3.05) is 5.32 Å². The number of ether oxygens (including phenoxy) is 1. The molecule has 0 radical (unpaired) electrons. The van der Waals surface area contributed by atoms with Crippen LogP contribution in [0.15, 0.2) is 47.1 Å². The van der Waals surface area contributed by atoms with E-state index in [1.165, 1.54) is 12.3 Å². The molecule has 1 amide bonds. The first kappa shape index (κ1) is 9.26. The van der Waals surface area contributed by atoms with Gasteiger partial charge in [0.1, 0.15) is 0 Å². The molecule has 5 nitrogen and oxygen atoms in total. The van der Waals surface area contributed by atoms with Crippen LogP contribution in [0.5, 0.6) is 5.95 Å². The Bertz CT molecular complexity index is 425. The van der Waals surface area contributed by atoms with Crippen LogP contribution < -0.4 is 10.1 Å². The highest BCUT2D eigenvalue weighted by atomic mass is 16.7. The zero-order chi connectivity index (χ0) is 10.5. The summed E-state index contributed by atoms with van der Waals surface area (Å²) in [5, 5.41) is 5.93. The molecule has 0 saturated heterocycles. The summed E-state index contributed by atoms with van der Waals surface area (Å²) in [4.78, 5) is 11.3. The topological polar surface area (TPSA) is 64.4 Å². The van der Waals surface area contributed by atoms with Gasteiger partial charge in [-0.05, 0) is 12.1 Å². The fraction of sp³-hybridized carbons (Fsp3) is 0. The lowest BCUT2D eigenvalue weighted by Crippen LogP contribution is -2.16. The molecule has 0 fully saturated rings. The number of benzene rings is 1. The molecular weight excluding hydrogens is 196 g/mol. The highest BCUT2D eigenvalue weighted by molar-refractivity contribution is 5.85. The van der Waals surface area contributed by atoms with Gasteiger partial charge in [-0.2, -0.15) is 0 Å². The van der Waals surface area contributed by atoms with E-state index in [9.17, 15) is 4.79 Å². The largest absolute Gasteiger partial charge is 0.419 e. The van der Waals surface area contributed by atoms with Crippen molar-refractivity contribution in [2.45, 2.75) is 0 Å². The molecular formula is C10H8N2O3. The molecule has 1 aromatic heterocycles. The maximum absolute atomic E-state index is 11.3. The molecule has 1 aromatic carbocycles. The van der Waals surface area contributed by atoms with E-state index in [1.807, 2.05) is 18.2 Å². The lowest BCUT2D eigenvalue weighted by Gasteiger charge is -2.02. The van der Waals surface area contributed by atoms with Gasteiger partial charge in [0.2, 0.25) is 0 Å². The van der Waals surface area contributed by atoms with Crippen LogP contribution in [0.1, 0.15) is 0 Å². The van der Waals surface area contributed by atoms with Gasteiger partial charge >= 0.3 is 12.0 Å². The first-order valence-corrected chi connectivity index (χ1v) is 4.29. The van der Waals surface area contributed by atoms with Gasteiger partial charge in [0.05, 0.1) is 6.20 Å². The number of carbonyl (C=O) groups is 1. The molecule has 5 heteroatoms. The van der Waals surface area contributed by atoms with E-state index in [2.05, 4.69) is 15.0 Å². The van der Waals surface area contributed by atoms with E-state index >= 15 is 0 Å². The van der Waals surface area contributed by atoms with Crippen molar-refractivity contribution >= 4 is 11.8 Å². The first-order chi connectivity index (χ1) is 7.34. The van der Waals surface area contributed by atoms with Gasteiger partial charge in [-0.25, -0.2) is 4.79 Å². The van der Waals surface area contributed by atoms with Crippen molar-refractivity contribution in [1.29, 1.82) is 0 Å². The maximum Gasteiger partial charge on any atom is 0.419 e. The number of rotatable bonds is 2. The number of nitrogens with zero attached hydrogens (tertiary/aromatic N) is 1. The van der Waals surface area contributed by atoms with Crippen LogP contribution in [-0.2, 0) is 0 Å². The average Bonchev–Trinajstić information content (AvgIpc) is 2.71. The van der Waals surface area contributed by atoms with E-state index in [0.717, 1.165) is 0 Å². The second kappa shape index (κ2) is 4.28. The highest BCUT2D eigenvalue weighted by Crippen LogP contribution is 2.10. The SMILES string of the molecule is O=C(Nc1ccccc1)Oc1ccno1. The second-order valence-electron chi connectivity index (χ2n) is 2.71. The third-order valence-electron chi connectivity index (χ3n) is 1.63. The van der Waals surface area contributed by atoms with Crippen molar-refractivity contribution in [2.24, 2.45) is 0 Å². The van der Waals surface area contributed by atoms with Gasteiger partial charge < -0.3 is 9.26 Å². The number of aromatic nitrogens is 1. The van der Waals surface area contributed by atoms with Crippen molar-refractivity contribution < 1.29 is 14.1 Å². The van der Waals surface area contributed by atoms with Gasteiger partial charge in [0.25, 0.3) is 0 Å². The minimum atomic E-state index is -0.613. The lowest BCUT2D eigenvalue weighted by molar-refractivity contribution is 0.194. The van der Waals surface area contributed by atoms with Crippen molar-refractivity contribution in [1.82, 2.24) is 5.16 Å². The number of nitrogens with one attached hydrogen (secondary N) is 1. The summed E-state index contributed by atoms with van der Waals surface area (Å²) in [6, 6.07) is 10.4. The molecule has 1 heterocycles. The third-order valence-corrected chi connectivity index (χ3v) is 1.63. The Kier molecular flexibility index (Phi) is 2.64. The Morgan fingerprint density at radius 2 is 2.07 bits per heavy atom. The van der Waals surface area contributed by atoms with Crippen LogP contribution in [0, 0.1) is 0 Å². The Labute approximate surface area is 85.6 Å². The monoisotopic (exact) mass is 204 g/mol. The average molecular weight is 204 g/mol. The molecule has 2 rings (SSSR count). The van der Waals surface area contributed by atoms with Crippen LogP contribution in [0.25, 0.3) is 0 Å². The van der Waals surface area contributed by atoms with Crippen LogP contribution in [-0.4, -0.2) is 11.2 Å². The van der Waals surface area contributed by atoms with Crippen LogP contribution in [0.2, 0.25) is 0 Å². The van der Waals surface area contributed by atoms with Crippen molar-refractivity contribution in [3.05, 3.63) is 42.6 Å². The Morgan fingerprint density at radius 1 is 1.27 bits per heavy atom. The Morgan fingerprint density at radius 3 is 2.73 bits per heavy atom. The summed E-state index contributed by atoms with van der Waals surface area (Å²) < 4.78 is 9.39. The number of para-hydroxylation sites is 1. The summed E-state index contributed by atoms with van der Waals surface area (Å²) >= 11 is 0. The molecule has 1 N–H and O–H groups in total. The van der Waals surface area contributed by atoms with Gasteiger partial charge in [-0.15, -0.1) is 0 Å². The number of hydrogen-bond acceptors (Lipinski definition) is 4. The molecule has 0 saturated carbocycles. The van der Waals surface area contributed by atoms with E-state index in [-0.39, 0.29) is 5.95 Å². The second-order valence-corrected chi connectivity index (χ2v) is 2.71. The quantitative estimate of drug-likeness (QED) is 0.815. The summed E-state index contributed by atoms with van der Waals surface area (Å²) in [5.41, 5.74) is 0.655. The molecule has 2 aromatic rings. The summed E-state index contributed by atoms with van der Waals surface area (Å²) in [6.45, 7) is 0. The van der Waals surface area contributed by atoms with Gasteiger partial charge in [-0.3, -0.25) is 5.32 Å². The molecule has 0 aliphatic rings. The molecule has 0 atom stereocenters. The number of anilines is 1. The van der Waals surface area contributed by atoms with Crippen LogP contribution in [0.4, 0.5) is 10.5 Å².